The summed E-state index contributed by atoms with van der Waals surface area (Å²) in [4.78, 5) is 20.5. The van der Waals surface area contributed by atoms with Crippen LogP contribution in [0.4, 0.5) is 5.13 Å². The average Bonchev–Trinajstić information content (AvgIpc) is 2.98. The number of rotatable bonds is 2. The summed E-state index contributed by atoms with van der Waals surface area (Å²) in [6, 6.07) is 0.0880. The van der Waals surface area contributed by atoms with Gasteiger partial charge in [-0.25, -0.2) is 14.9 Å². The van der Waals surface area contributed by atoms with Crippen molar-refractivity contribution in [3.05, 3.63) is 22.1 Å². The number of nitrogens with one attached hydrogen (secondary N) is 2. The Balaban J connectivity index is 1.93. The summed E-state index contributed by atoms with van der Waals surface area (Å²) in [5.74, 6) is 1.47. The molecule has 1 atom stereocenters. The first-order valence-electron chi connectivity index (χ1n) is 5.95. The Labute approximate surface area is 107 Å². The van der Waals surface area contributed by atoms with Crippen LogP contribution in [0.15, 0.2) is 4.79 Å². The second kappa shape index (κ2) is 4.52. The minimum Gasteiger partial charge on any atom is -0.337 e. The van der Waals surface area contributed by atoms with Gasteiger partial charge in [-0.15, -0.1) is 0 Å². The van der Waals surface area contributed by atoms with E-state index in [9.17, 15) is 4.79 Å². The summed E-state index contributed by atoms with van der Waals surface area (Å²) in [5.41, 5.74) is -0.260. The number of aromatic nitrogens is 5. The maximum atomic E-state index is 11.2. The van der Waals surface area contributed by atoms with Gasteiger partial charge in [0.15, 0.2) is 5.82 Å². The van der Waals surface area contributed by atoms with E-state index in [2.05, 4.69) is 29.4 Å². The van der Waals surface area contributed by atoms with Crippen molar-refractivity contribution >= 4 is 16.7 Å². The van der Waals surface area contributed by atoms with Crippen molar-refractivity contribution in [2.75, 3.05) is 11.4 Å². The van der Waals surface area contributed by atoms with Crippen LogP contribution < -0.4 is 10.6 Å². The fourth-order valence-electron chi connectivity index (χ4n) is 2.29. The molecule has 3 rings (SSSR count). The molecule has 1 aliphatic heterocycles. The molecule has 2 N–H and O–H groups in total. The lowest BCUT2D eigenvalue weighted by Gasteiger charge is -2.33. The number of piperidine rings is 1. The van der Waals surface area contributed by atoms with Crippen LogP contribution >= 0.6 is 11.5 Å². The lowest BCUT2D eigenvalue weighted by Crippen LogP contribution is -2.34. The second-order valence-electron chi connectivity index (χ2n) is 4.39. The molecule has 0 aliphatic carbocycles. The molecule has 2 aromatic rings. The molecule has 3 heterocycles. The molecule has 0 radical (unpaired) electrons. The van der Waals surface area contributed by atoms with Crippen LogP contribution in [-0.2, 0) is 0 Å². The van der Waals surface area contributed by atoms with Crippen molar-refractivity contribution in [3.63, 3.8) is 0 Å². The Bertz CT molecular complexity index is 587. The maximum absolute atomic E-state index is 11.2. The Hall–Kier alpha value is -1.70. The van der Waals surface area contributed by atoms with Crippen LogP contribution in [0.25, 0.3) is 0 Å². The topological polar surface area (TPSA) is 90.6 Å². The van der Waals surface area contributed by atoms with Gasteiger partial charge in [-0.3, -0.25) is 4.98 Å². The van der Waals surface area contributed by atoms with Gasteiger partial charge < -0.3 is 4.90 Å². The molecule has 18 heavy (non-hydrogen) atoms. The van der Waals surface area contributed by atoms with Crippen LogP contribution in [0, 0.1) is 6.92 Å². The molecule has 0 spiro atoms. The summed E-state index contributed by atoms with van der Waals surface area (Å²) in [6.45, 7) is 2.81. The predicted octanol–water partition coefficient (Wildman–Crippen LogP) is 0.990. The molecule has 2 aromatic heterocycles. The van der Waals surface area contributed by atoms with Crippen LogP contribution in [-0.4, -0.2) is 31.1 Å². The fraction of sp³-hybridized carbons (Fsp3) is 0.600. The number of anilines is 1. The second-order valence-corrected chi connectivity index (χ2v) is 5.12. The standard InChI is InChI=1S/C10H14N6OS/c1-6-11-10(18-15-6)16-5-3-2-4-7(16)8-12-9(17)14-13-8/h7H,2-5H2,1H3,(H2,12,13,14,17). The minimum absolute atomic E-state index is 0.0880. The first kappa shape index (κ1) is 11.4. The fourth-order valence-corrected chi connectivity index (χ4v) is 3.04. The van der Waals surface area contributed by atoms with Gasteiger partial charge >= 0.3 is 5.69 Å². The van der Waals surface area contributed by atoms with Crippen LogP contribution in [0.2, 0.25) is 0 Å². The zero-order valence-electron chi connectivity index (χ0n) is 10.0. The summed E-state index contributed by atoms with van der Waals surface area (Å²) in [7, 11) is 0. The van der Waals surface area contributed by atoms with Gasteiger partial charge in [-0.05, 0) is 26.2 Å². The number of aromatic amines is 2. The van der Waals surface area contributed by atoms with E-state index in [1.165, 1.54) is 11.5 Å². The van der Waals surface area contributed by atoms with Crippen molar-refractivity contribution in [2.45, 2.75) is 32.2 Å². The molecule has 8 heteroatoms. The normalized spacial score (nSPS) is 20.3. The maximum Gasteiger partial charge on any atom is 0.340 e. The summed E-state index contributed by atoms with van der Waals surface area (Å²) in [5, 5.41) is 7.37. The molecule has 7 nitrogen and oxygen atoms in total. The Morgan fingerprint density at radius 3 is 3.00 bits per heavy atom. The van der Waals surface area contributed by atoms with Gasteiger partial charge in [-0.1, -0.05) is 0 Å². The van der Waals surface area contributed by atoms with Gasteiger partial charge in [-0.2, -0.15) is 9.47 Å². The van der Waals surface area contributed by atoms with Crippen molar-refractivity contribution < 1.29 is 0 Å². The third-order valence-corrected chi connectivity index (χ3v) is 3.95. The lowest BCUT2D eigenvalue weighted by molar-refractivity contribution is 0.456. The van der Waals surface area contributed by atoms with Crippen molar-refractivity contribution in [3.8, 4) is 0 Å². The number of H-pyrrole nitrogens is 2. The molecule has 96 valence electrons. The van der Waals surface area contributed by atoms with Gasteiger partial charge in [0.25, 0.3) is 0 Å². The van der Waals surface area contributed by atoms with Crippen LogP contribution in [0.5, 0.6) is 0 Å². The van der Waals surface area contributed by atoms with E-state index in [-0.39, 0.29) is 11.7 Å². The SMILES string of the molecule is Cc1nsc(N2CCCCC2c2n[nH]c(=O)[nH]2)n1. The van der Waals surface area contributed by atoms with Crippen molar-refractivity contribution in [1.82, 2.24) is 24.5 Å². The summed E-state index contributed by atoms with van der Waals surface area (Å²) >= 11 is 1.40. The third kappa shape index (κ3) is 2.03. The van der Waals surface area contributed by atoms with Crippen molar-refractivity contribution in [2.24, 2.45) is 0 Å². The van der Waals surface area contributed by atoms with E-state index in [1.54, 1.807) is 0 Å². The largest absolute Gasteiger partial charge is 0.340 e. The molecule has 1 unspecified atom stereocenters. The lowest BCUT2D eigenvalue weighted by atomic mass is 10.0. The van der Waals surface area contributed by atoms with E-state index >= 15 is 0 Å². The summed E-state index contributed by atoms with van der Waals surface area (Å²) < 4.78 is 4.21. The van der Waals surface area contributed by atoms with Crippen molar-refractivity contribution in [1.29, 1.82) is 0 Å². The molecule has 0 bridgehead atoms. The van der Waals surface area contributed by atoms with E-state index in [1.807, 2.05) is 6.92 Å². The monoisotopic (exact) mass is 266 g/mol. The average molecular weight is 266 g/mol. The minimum atomic E-state index is -0.260. The first-order chi connectivity index (χ1) is 8.74. The van der Waals surface area contributed by atoms with Crippen LogP contribution in [0.3, 0.4) is 0 Å². The predicted molar refractivity (Wildman–Crippen MR) is 67.8 cm³/mol. The molecule has 1 saturated heterocycles. The highest BCUT2D eigenvalue weighted by Gasteiger charge is 2.28. The molecule has 0 saturated carbocycles. The third-order valence-electron chi connectivity index (χ3n) is 3.10. The number of aryl methyl sites for hydroxylation is 1. The quantitative estimate of drug-likeness (QED) is 0.846. The Morgan fingerprint density at radius 2 is 2.33 bits per heavy atom. The molecule has 0 amide bonds. The van der Waals surface area contributed by atoms with Gasteiger partial charge in [0.2, 0.25) is 5.13 Å². The van der Waals surface area contributed by atoms with Crippen LogP contribution in [0.1, 0.15) is 37.0 Å². The Kier molecular flexibility index (Phi) is 2.86. The number of nitrogens with zero attached hydrogens (tertiary/aromatic N) is 4. The smallest absolute Gasteiger partial charge is 0.337 e. The molecule has 1 fully saturated rings. The van der Waals surface area contributed by atoms with Gasteiger partial charge in [0.1, 0.15) is 5.82 Å². The zero-order valence-corrected chi connectivity index (χ0v) is 10.8. The van der Waals surface area contributed by atoms with E-state index in [4.69, 9.17) is 0 Å². The molecular weight excluding hydrogens is 252 g/mol. The molecule has 1 aliphatic rings. The van der Waals surface area contributed by atoms with Gasteiger partial charge in [0, 0.05) is 18.1 Å². The zero-order chi connectivity index (χ0) is 12.5. The highest BCUT2D eigenvalue weighted by molar-refractivity contribution is 7.09. The van der Waals surface area contributed by atoms with E-state index < -0.39 is 0 Å². The molecule has 0 aromatic carbocycles. The summed E-state index contributed by atoms with van der Waals surface area (Å²) in [6.07, 6.45) is 3.23. The van der Waals surface area contributed by atoms with E-state index in [0.29, 0.717) is 5.82 Å². The van der Waals surface area contributed by atoms with Gasteiger partial charge in [0.05, 0.1) is 6.04 Å². The first-order valence-corrected chi connectivity index (χ1v) is 6.73. The highest BCUT2D eigenvalue weighted by Crippen LogP contribution is 2.33. The highest BCUT2D eigenvalue weighted by atomic mass is 32.1. The number of hydrogen-bond donors (Lipinski definition) is 2. The van der Waals surface area contributed by atoms with E-state index in [0.717, 1.165) is 36.8 Å². The number of hydrogen-bond acceptors (Lipinski definition) is 6. The molecular formula is C10H14N6OS. The Morgan fingerprint density at radius 1 is 1.44 bits per heavy atom.